The molecule has 4 nitrogen and oxygen atoms in total. The first-order chi connectivity index (χ1) is 7.11. The molecule has 0 amide bonds. The maximum Gasteiger partial charge on any atom is 0.217 e. The fourth-order valence-corrected chi connectivity index (χ4v) is 1.45. The number of nitrogens with zero attached hydrogens (tertiary/aromatic N) is 1. The Labute approximate surface area is 88.1 Å². The first kappa shape index (κ1) is 11.4. The predicted octanol–water partition coefficient (Wildman–Crippen LogP) is 1.91. The standard InChI is InChI=1S/C11H13NO3/c1-9(13)11(8-12(14)15)10-6-4-2-3-5-7-10/h2,4-7,11H,3,8H2,1H3/t11-/m1/s1. The molecule has 0 aromatic heterocycles. The van der Waals surface area contributed by atoms with Gasteiger partial charge < -0.3 is 0 Å². The highest BCUT2D eigenvalue weighted by atomic mass is 16.6. The zero-order valence-corrected chi connectivity index (χ0v) is 8.55. The van der Waals surface area contributed by atoms with Crippen LogP contribution < -0.4 is 0 Å². The first-order valence-electron chi connectivity index (χ1n) is 4.76. The minimum absolute atomic E-state index is 0.169. The van der Waals surface area contributed by atoms with Gasteiger partial charge in [-0.3, -0.25) is 14.9 Å². The highest BCUT2D eigenvalue weighted by Gasteiger charge is 2.23. The second kappa shape index (κ2) is 5.24. The van der Waals surface area contributed by atoms with Gasteiger partial charge in [0.15, 0.2) is 0 Å². The van der Waals surface area contributed by atoms with E-state index in [1.165, 1.54) is 6.92 Å². The minimum Gasteiger partial charge on any atom is -0.299 e. The van der Waals surface area contributed by atoms with E-state index in [0.717, 1.165) is 6.42 Å². The molecule has 0 aromatic carbocycles. The Kier molecular flexibility index (Phi) is 3.97. The molecule has 1 rings (SSSR count). The van der Waals surface area contributed by atoms with Gasteiger partial charge in [0.05, 0.1) is 0 Å². The summed E-state index contributed by atoms with van der Waals surface area (Å²) >= 11 is 0. The van der Waals surface area contributed by atoms with Crippen molar-refractivity contribution >= 4 is 5.78 Å². The third kappa shape index (κ3) is 3.50. The summed E-state index contributed by atoms with van der Waals surface area (Å²) in [5.41, 5.74) is 0.716. The highest BCUT2D eigenvalue weighted by molar-refractivity contribution is 5.82. The fraction of sp³-hybridized carbons (Fsp3) is 0.364. The molecule has 0 aromatic rings. The van der Waals surface area contributed by atoms with E-state index in [1.807, 2.05) is 18.2 Å². The predicted molar refractivity (Wildman–Crippen MR) is 57.0 cm³/mol. The van der Waals surface area contributed by atoms with Crippen LogP contribution in [-0.4, -0.2) is 17.3 Å². The lowest BCUT2D eigenvalue weighted by Crippen LogP contribution is -2.22. The topological polar surface area (TPSA) is 60.2 Å². The Morgan fingerprint density at radius 2 is 2.33 bits per heavy atom. The molecule has 1 aliphatic carbocycles. The first-order valence-corrected chi connectivity index (χ1v) is 4.76. The van der Waals surface area contributed by atoms with Crippen molar-refractivity contribution in [2.75, 3.05) is 6.54 Å². The second-order valence-corrected chi connectivity index (χ2v) is 3.41. The number of hydrogen-bond donors (Lipinski definition) is 0. The summed E-state index contributed by atoms with van der Waals surface area (Å²) in [6.45, 7) is 1.05. The quantitative estimate of drug-likeness (QED) is 0.522. The van der Waals surface area contributed by atoms with Crippen LogP contribution in [0.5, 0.6) is 0 Å². The molecule has 0 saturated heterocycles. The van der Waals surface area contributed by atoms with Crippen molar-refractivity contribution in [3.8, 4) is 0 Å². The van der Waals surface area contributed by atoms with Crippen LogP contribution in [0.2, 0.25) is 0 Å². The number of nitro groups is 1. The molecule has 1 atom stereocenters. The Morgan fingerprint density at radius 3 is 2.93 bits per heavy atom. The zero-order chi connectivity index (χ0) is 11.3. The Hall–Kier alpha value is -1.71. The number of Topliss-reactive ketones (excluding diaryl/α,β-unsaturated/α-hetero) is 1. The molecule has 4 heteroatoms. The van der Waals surface area contributed by atoms with Crippen molar-refractivity contribution in [1.29, 1.82) is 0 Å². The largest absolute Gasteiger partial charge is 0.299 e. The van der Waals surface area contributed by atoms with Crippen LogP contribution in [0.15, 0.2) is 36.0 Å². The van der Waals surface area contributed by atoms with Crippen LogP contribution >= 0.6 is 0 Å². The molecule has 0 bridgehead atoms. The van der Waals surface area contributed by atoms with E-state index in [0.29, 0.717) is 5.57 Å². The van der Waals surface area contributed by atoms with Crippen molar-refractivity contribution in [3.63, 3.8) is 0 Å². The number of hydrogen-bond acceptors (Lipinski definition) is 3. The summed E-state index contributed by atoms with van der Waals surface area (Å²) in [6.07, 6.45) is 10.0. The van der Waals surface area contributed by atoms with Crippen LogP contribution in [0, 0.1) is 16.0 Å². The number of carbonyl (C=O) groups is 1. The molecule has 0 N–H and O–H groups in total. The fourth-order valence-electron chi connectivity index (χ4n) is 1.45. The van der Waals surface area contributed by atoms with E-state index in [9.17, 15) is 14.9 Å². The SMILES string of the molecule is CC(=O)[C@@H](C[N+](=O)[O-])C1=CC=CCC=C1. The van der Waals surface area contributed by atoms with Crippen molar-refractivity contribution in [1.82, 2.24) is 0 Å². The van der Waals surface area contributed by atoms with Crippen molar-refractivity contribution in [3.05, 3.63) is 46.1 Å². The Balaban J connectivity index is 2.88. The second-order valence-electron chi connectivity index (χ2n) is 3.41. The van der Waals surface area contributed by atoms with Gasteiger partial charge in [0.1, 0.15) is 11.7 Å². The Bertz CT molecular complexity index is 353. The van der Waals surface area contributed by atoms with Crippen molar-refractivity contribution in [2.24, 2.45) is 5.92 Å². The van der Waals surface area contributed by atoms with Crippen LogP contribution in [0.25, 0.3) is 0 Å². The number of carbonyl (C=O) groups excluding carboxylic acids is 1. The van der Waals surface area contributed by atoms with Gasteiger partial charge in [-0.05, 0) is 18.9 Å². The normalized spacial score (nSPS) is 16.7. The lowest BCUT2D eigenvalue weighted by molar-refractivity contribution is -0.483. The van der Waals surface area contributed by atoms with Gasteiger partial charge >= 0.3 is 0 Å². The average Bonchev–Trinajstić information content (AvgIpc) is 2.41. The van der Waals surface area contributed by atoms with Gasteiger partial charge in [-0.25, -0.2) is 0 Å². The van der Waals surface area contributed by atoms with Crippen molar-refractivity contribution < 1.29 is 9.72 Å². The van der Waals surface area contributed by atoms with Crippen LogP contribution in [0.3, 0.4) is 0 Å². The summed E-state index contributed by atoms with van der Waals surface area (Å²) in [4.78, 5) is 21.3. The van der Waals surface area contributed by atoms with Gasteiger partial charge in [0.25, 0.3) is 0 Å². The van der Waals surface area contributed by atoms with E-state index in [4.69, 9.17) is 0 Å². The molecule has 1 aliphatic rings. The van der Waals surface area contributed by atoms with Gasteiger partial charge in [-0.1, -0.05) is 30.4 Å². The minimum atomic E-state index is -0.626. The van der Waals surface area contributed by atoms with Crippen LogP contribution in [0.4, 0.5) is 0 Å². The molecule has 0 fully saturated rings. The number of allylic oxidation sites excluding steroid dienone is 5. The van der Waals surface area contributed by atoms with E-state index in [1.54, 1.807) is 12.2 Å². The van der Waals surface area contributed by atoms with E-state index < -0.39 is 10.8 Å². The molecule has 15 heavy (non-hydrogen) atoms. The molecular formula is C11H13NO3. The van der Waals surface area contributed by atoms with Gasteiger partial charge in [-0.2, -0.15) is 0 Å². The molecule has 0 aliphatic heterocycles. The molecule has 0 heterocycles. The van der Waals surface area contributed by atoms with E-state index >= 15 is 0 Å². The summed E-state index contributed by atoms with van der Waals surface area (Å²) in [7, 11) is 0. The van der Waals surface area contributed by atoms with Gasteiger partial charge in [-0.15, -0.1) is 0 Å². The molecular weight excluding hydrogens is 194 g/mol. The summed E-state index contributed by atoms with van der Waals surface area (Å²) < 4.78 is 0. The van der Waals surface area contributed by atoms with E-state index in [-0.39, 0.29) is 12.3 Å². The third-order valence-electron chi connectivity index (χ3n) is 2.23. The average molecular weight is 207 g/mol. The monoisotopic (exact) mass is 207 g/mol. The Morgan fingerprint density at radius 1 is 1.60 bits per heavy atom. The molecule has 80 valence electrons. The third-order valence-corrected chi connectivity index (χ3v) is 2.23. The maximum absolute atomic E-state index is 11.3. The van der Waals surface area contributed by atoms with Crippen LogP contribution in [0.1, 0.15) is 13.3 Å². The number of rotatable bonds is 4. The molecule has 0 saturated carbocycles. The van der Waals surface area contributed by atoms with E-state index in [2.05, 4.69) is 0 Å². The number of ketones is 1. The summed E-state index contributed by atoms with van der Waals surface area (Å²) in [5.74, 6) is -0.795. The highest BCUT2D eigenvalue weighted by Crippen LogP contribution is 2.17. The summed E-state index contributed by atoms with van der Waals surface area (Å²) in [6, 6.07) is 0. The molecule has 0 spiro atoms. The van der Waals surface area contributed by atoms with Gasteiger partial charge in [0, 0.05) is 4.92 Å². The van der Waals surface area contributed by atoms with Crippen molar-refractivity contribution in [2.45, 2.75) is 13.3 Å². The smallest absolute Gasteiger partial charge is 0.217 e. The molecule has 0 radical (unpaired) electrons. The lowest BCUT2D eigenvalue weighted by atomic mass is 9.94. The van der Waals surface area contributed by atoms with Gasteiger partial charge in [0.2, 0.25) is 6.54 Å². The maximum atomic E-state index is 11.3. The lowest BCUT2D eigenvalue weighted by Gasteiger charge is -2.09. The zero-order valence-electron chi connectivity index (χ0n) is 8.55. The van der Waals surface area contributed by atoms with Crippen LogP contribution in [-0.2, 0) is 4.79 Å². The summed E-state index contributed by atoms with van der Waals surface area (Å²) in [5, 5.41) is 10.4. The molecule has 0 unspecified atom stereocenters.